The van der Waals surface area contributed by atoms with Crippen LogP contribution in [0.4, 0.5) is 10.2 Å². The summed E-state index contributed by atoms with van der Waals surface area (Å²) >= 11 is 6.07. The van der Waals surface area contributed by atoms with Crippen molar-refractivity contribution in [3.05, 3.63) is 64.7 Å². The van der Waals surface area contributed by atoms with E-state index in [1.807, 2.05) is 5.43 Å². The number of carbonyl (C=O) groups is 1. The summed E-state index contributed by atoms with van der Waals surface area (Å²) in [6.07, 6.45) is 0. The number of aromatic nitrogens is 2. The monoisotopic (exact) mass is 371 g/mol. The van der Waals surface area contributed by atoms with E-state index < -0.39 is 5.91 Å². The molecule has 0 fully saturated rings. The first-order valence-electron chi connectivity index (χ1n) is 7.61. The van der Waals surface area contributed by atoms with Crippen molar-refractivity contribution in [2.75, 3.05) is 5.73 Å². The molecule has 0 saturated carbocycles. The van der Waals surface area contributed by atoms with E-state index in [1.54, 1.807) is 37.3 Å². The zero-order chi connectivity index (χ0) is 18.8. The Bertz CT molecular complexity index is 971. The quantitative estimate of drug-likeness (QED) is 0.284. The smallest absolute Gasteiger partial charge is 0.268 e. The topological polar surface area (TPSA) is 107 Å². The number of halogens is 2. The van der Waals surface area contributed by atoms with Crippen LogP contribution in [0.1, 0.15) is 16.1 Å². The van der Waals surface area contributed by atoms with E-state index in [1.165, 1.54) is 12.1 Å². The van der Waals surface area contributed by atoms with Gasteiger partial charge in [-0.1, -0.05) is 11.6 Å². The molecule has 26 heavy (non-hydrogen) atoms. The predicted molar refractivity (Wildman–Crippen MR) is 98.7 cm³/mol. The zero-order valence-electron chi connectivity index (χ0n) is 13.8. The van der Waals surface area contributed by atoms with Gasteiger partial charge in [0.1, 0.15) is 16.8 Å². The molecule has 0 aliphatic carbocycles. The second kappa shape index (κ2) is 7.07. The summed E-state index contributed by atoms with van der Waals surface area (Å²) in [6.45, 7) is 1.80. The molecule has 1 aromatic carbocycles. The molecular weight excluding hydrogens is 357 g/mol. The third kappa shape index (κ3) is 3.49. The first-order chi connectivity index (χ1) is 12.4. The van der Waals surface area contributed by atoms with E-state index in [0.717, 1.165) is 0 Å². The maximum absolute atomic E-state index is 13.3. The highest BCUT2D eigenvalue weighted by Gasteiger charge is 2.18. The lowest BCUT2D eigenvalue weighted by atomic mass is 9.97. The number of benzene rings is 1. The Morgan fingerprint density at radius 3 is 2.42 bits per heavy atom. The van der Waals surface area contributed by atoms with E-state index in [2.05, 4.69) is 9.97 Å². The van der Waals surface area contributed by atoms with E-state index in [0.29, 0.717) is 33.2 Å². The first kappa shape index (κ1) is 17.8. The molecule has 2 heterocycles. The van der Waals surface area contributed by atoms with Gasteiger partial charge in [-0.2, -0.15) is 0 Å². The lowest BCUT2D eigenvalue weighted by molar-refractivity contribution is 0.0954. The van der Waals surface area contributed by atoms with Gasteiger partial charge in [0.2, 0.25) is 0 Å². The van der Waals surface area contributed by atoms with Gasteiger partial charge in [0.15, 0.2) is 0 Å². The van der Waals surface area contributed by atoms with Gasteiger partial charge < -0.3 is 5.73 Å². The lowest BCUT2D eigenvalue weighted by Crippen LogP contribution is -2.31. The van der Waals surface area contributed by atoms with E-state index in [4.69, 9.17) is 23.2 Å². The molecule has 0 saturated heterocycles. The standard InChI is InChI=1S/C18H15ClFN5O/c1-9-6-11(7-15(19)23-9)13-8-14(18(26)25-22)17(21)24-16(13)10-2-4-12(20)5-3-10/h2-8H,22H2,1H3,(H2,21,24)(H,25,26). The molecule has 1 amide bonds. The summed E-state index contributed by atoms with van der Waals surface area (Å²) in [4.78, 5) is 20.5. The van der Waals surface area contributed by atoms with Crippen molar-refractivity contribution in [2.24, 2.45) is 5.84 Å². The SMILES string of the molecule is Cc1cc(-c2cc(C(=O)NN)c(N)nc2-c2ccc(F)cc2)cc(Cl)n1. The fraction of sp³-hybridized carbons (Fsp3) is 0.0556. The second-order valence-electron chi connectivity index (χ2n) is 5.62. The normalized spacial score (nSPS) is 10.6. The molecule has 6 nitrogen and oxygen atoms in total. The molecule has 0 bridgehead atoms. The van der Waals surface area contributed by atoms with Crippen LogP contribution in [0.5, 0.6) is 0 Å². The van der Waals surface area contributed by atoms with Crippen LogP contribution in [0.3, 0.4) is 0 Å². The average Bonchev–Trinajstić information content (AvgIpc) is 2.60. The van der Waals surface area contributed by atoms with Gasteiger partial charge >= 0.3 is 0 Å². The summed E-state index contributed by atoms with van der Waals surface area (Å²) in [7, 11) is 0. The van der Waals surface area contributed by atoms with Gasteiger partial charge in [-0.05, 0) is 55.0 Å². The fourth-order valence-corrected chi connectivity index (χ4v) is 2.87. The lowest BCUT2D eigenvalue weighted by Gasteiger charge is -2.14. The summed E-state index contributed by atoms with van der Waals surface area (Å²) in [5.41, 5.74) is 11.2. The molecule has 0 aliphatic rings. The highest BCUT2D eigenvalue weighted by Crippen LogP contribution is 2.34. The van der Waals surface area contributed by atoms with Gasteiger partial charge in [0.05, 0.1) is 11.3 Å². The summed E-state index contributed by atoms with van der Waals surface area (Å²) in [5.74, 6) is 4.29. The van der Waals surface area contributed by atoms with Crippen LogP contribution in [0.15, 0.2) is 42.5 Å². The van der Waals surface area contributed by atoms with Gasteiger partial charge in [-0.25, -0.2) is 20.2 Å². The largest absolute Gasteiger partial charge is 0.383 e. The van der Waals surface area contributed by atoms with Crippen LogP contribution in [0, 0.1) is 12.7 Å². The Morgan fingerprint density at radius 2 is 1.81 bits per heavy atom. The number of nitrogens with two attached hydrogens (primary N) is 2. The third-order valence-electron chi connectivity index (χ3n) is 3.78. The second-order valence-corrected chi connectivity index (χ2v) is 6.00. The van der Waals surface area contributed by atoms with Crippen molar-refractivity contribution in [1.29, 1.82) is 0 Å². The van der Waals surface area contributed by atoms with Crippen LogP contribution >= 0.6 is 11.6 Å². The van der Waals surface area contributed by atoms with Crippen molar-refractivity contribution in [3.63, 3.8) is 0 Å². The van der Waals surface area contributed by atoms with Gasteiger partial charge in [-0.3, -0.25) is 10.2 Å². The summed E-state index contributed by atoms with van der Waals surface area (Å²) in [6, 6.07) is 10.8. The fourth-order valence-electron chi connectivity index (χ4n) is 2.62. The van der Waals surface area contributed by atoms with Crippen molar-refractivity contribution in [3.8, 4) is 22.4 Å². The molecule has 3 rings (SSSR count). The van der Waals surface area contributed by atoms with E-state index >= 15 is 0 Å². The number of hydrogen-bond donors (Lipinski definition) is 3. The van der Waals surface area contributed by atoms with Gasteiger partial charge in [0.25, 0.3) is 5.91 Å². The Morgan fingerprint density at radius 1 is 1.12 bits per heavy atom. The summed E-state index contributed by atoms with van der Waals surface area (Å²) in [5, 5.41) is 0.298. The number of aryl methyl sites for hydroxylation is 1. The number of carbonyl (C=O) groups excluding carboxylic acids is 1. The van der Waals surface area contributed by atoms with Gasteiger partial charge in [0, 0.05) is 16.8 Å². The molecule has 0 radical (unpaired) electrons. The average molecular weight is 372 g/mol. The van der Waals surface area contributed by atoms with Crippen LogP contribution in [0.25, 0.3) is 22.4 Å². The van der Waals surface area contributed by atoms with Crippen LogP contribution in [-0.4, -0.2) is 15.9 Å². The Hall–Kier alpha value is -3.03. The first-order valence-corrected chi connectivity index (χ1v) is 7.99. The molecule has 132 valence electrons. The maximum Gasteiger partial charge on any atom is 0.268 e. The van der Waals surface area contributed by atoms with Crippen LogP contribution < -0.4 is 17.0 Å². The number of pyridine rings is 2. The number of anilines is 1. The van der Waals surface area contributed by atoms with E-state index in [9.17, 15) is 9.18 Å². The number of hydrazine groups is 1. The minimum Gasteiger partial charge on any atom is -0.383 e. The van der Waals surface area contributed by atoms with Crippen molar-refractivity contribution in [2.45, 2.75) is 6.92 Å². The van der Waals surface area contributed by atoms with Gasteiger partial charge in [-0.15, -0.1) is 0 Å². The number of rotatable bonds is 3. The van der Waals surface area contributed by atoms with Crippen LogP contribution in [0.2, 0.25) is 5.15 Å². The number of nitrogen functional groups attached to an aromatic ring is 2. The van der Waals surface area contributed by atoms with Crippen molar-refractivity contribution >= 4 is 23.3 Å². The molecule has 0 spiro atoms. The molecule has 0 atom stereocenters. The Balaban J connectivity index is 2.30. The highest BCUT2D eigenvalue weighted by molar-refractivity contribution is 6.29. The third-order valence-corrected chi connectivity index (χ3v) is 3.97. The number of nitrogens with zero attached hydrogens (tertiary/aromatic N) is 2. The number of nitrogens with one attached hydrogen (secondary N) is 1. The van der Waals surface area contributed by atoms with Crippen molar-refractivity contribution in [1.82, 2.24) is 15.4 Å². The highest BCUT2D eigenvalue weighted by atomic mass is 35.5. The maximum atomic E-state index is 13.3. The molecule has 8 heteroatoms. The number of amides is 1. The molecular formula is C18H15ClFN5O. The Kier molecular flexibility index (Phi) is 4.83. The Labute approximate surface area is 154 Å². The van der Waals surface area contributed by atoms with E-state index in [-0.39, 0.29) is 17.2 Å². The minimum atomic E-state index is -0.571. The molecule has 2 aromatic heterocycles. The molecule has 5 N–H and O–H groups in total. The predicted octanol–water partition coefficient (Wildman–Crippen LogP) is 3.10. The molecule has 0 aliphatic heterocycles. The number of hydrogen-bond acceptors (Lipinski definition) is 5. The van der Waals surface area contributed by atoms with Crippen LogP contribution in [-0.2, 0) is 0 Å². The minimum absolute atomic E-state index is 0.00731. The molecule has 3 aromatic rings. The zero-order valence-corrected chi connectivity index (χ0v) is 14.5. The van der Waals surface area contributed by atoms with Crippen molar-refractivity contribution < 1.29 is 9.18 Å². The summed E-state index contributed by atoms with van der Waals surface area (Å²) < 4.78 is 13.3. The molecule has 0 unspecified atom stereocenters.